The molecular weight excluding hydrogens is 240 g/mol. The number of hydrogen-bond acceptors (Lipinski definition) is 3. The summed E-state index contributed by atoms with van der Waals surface area (Å²) in [5.41, 5.74) is 0.0220. The van der Waals surface area contributed by atoms with Gasteiger partial charge in [0.2, 0.25) is 5.91 Å². The number of carbonyl (C=O) groups is 1. The molecule has 3 N–H and O–H groups in total. The van der Waals surface area contributed by atoms with E-state index in [2.05, 4.69) is 24.5 Å². The normalized spacial score (nSPS) is 19.2. The van der Waals surface area contributed by atoms with Crippen LogP contribution in [-0.4, -0.2) is 36.2 Å². The summed E-state index contributed by atoms with van der Waals surface area (Å²) in [7, 11) is 0. The van der Waals surface area contributed by atoms with Crippen LogP contribution in [0.15, 0.2) is 0 Å². The van der Waals surface area contributed by atoms with Gasteiger partial charge in [0.1, 0.15) is 0 Å². The molecule has 0 heterocycles. The van der Waals surface area contributed by atoms with Gasteiger partial charge >= 0.3 is 0 Å². The van der Waals surface area contributed by atoms with E-state index in [1.165, 1.54) is 19.3 Å². The van der Waals surface area contributed by atoms with Crippen molar-refractivity contribution >= 4 is 5.91 Å². The molecule has 4 heteroatoms. The fraction of sp³-hybridized carbons (Fsp3) is 0.933. The molecule has 1 amide bonds. The summed E-state index contributed by atoms with van der Waals surface area (Å²) in [5, 5.41) is 15.4. The zero-order chi connectivity index (χ0) is 14.3. The molecule has 0 aromatic heterocycles. The Kier molecular flexibility index (Phi) is 6.80. The van der Waals surface area contributed by atoms with Crippen molar-refractivity contribution in [2.45, 2.75) is 71.4 Å². The maximum absolute atomic E-state index is 12.1. The molecule has 1 saturated carbocycles. The van der Waals surface area contributed by atoms with Gasteiger partial charge in [-0.3, -0.25) is 4.79 Å². The largest absolute Gasteiger partial charge is 0.396 e. The van der Waals surface area contributed by atoms with Crippen molar-refractivity contribution in [1.82, 2.24) is 10.6 Å². The molecule has 1 aliphatic carbocycles. The molecular formula is C15H30N2O2. The highest BCUT2D eigenvalue weighted by Crippen LogP contribution is 2.19. The minimum Gasteiger partial charge on any atom is -0.396 e. The van der Waals surface area contributed by atoms with Crippen LogP contribution in [0.5, 0.6) is 0 Å². The summed E-state index contributed by atoms with van der Waals surface area (Å²) in [4.78, 5) is 12.1. The van der Waals surface area contributed by atoms with Gasteiger partial charge in [0.05, 0.1) is 6.04 Å². The number of rotatable bonds is 7. The summed E-state index contributed by atoms with van der Waals surface area (Å²) in [6.07, 6.45) is 6.75. The Balaban J connectivity index is 2.27. The second-order valence-electron chi connectivity index (χ2n) is 6.58. The third-order valence-corrected chi connectivity index (χ3v) is 4.02. The van der Waals surface area contributed by atoms with Gasteiger partial charge in [0, 0.05) is 19.2 Å². The zero-order valence-corrected chi connectivity index (χ0v) is 12.7. The maximum Gasteiger partial charge on any atom is 0.237 e. The lowest BCUT2D eigenvalue weighted by molar-refractivity contribution is -0.123. The Labute approximate surface area is 117 Å². The highest BCUT2D eigenvalue weighted by atomic mass is 16.3. The minimum absolute atomic E-state index is 0.0220. The Bertz CT molecular complexity index is 273. The second kappa shape index (κ2) is 7.85. The molecule has 0 bridgehead atoms. The van der Waals surface area contributed by atoms with Gasteiger partial charge in [-0.05, 0) is 31.6 Å². The number of nitrogens with one attached hydrogen (secondary N) is 2. The van der Waals surface area contributed by atoms with E-state index < -0.39 is 0 Å². The van der Waals surface area contributed by atoms with Crippen molar-refractivity contribution in [3.63, 3.8) is 0 Å². The Morgan fingerprint density at radius 3 is 2.53 bits per heavy atom. The van der Waals surface area contributed by atoms with E-state index >= 15 is 0 Å². The lowest BCUT2D eigenvalue weighted by Crippen LogP contribution is -2.48. The third kappa shape index (κ3) is 6.39. The summed E-state index contributed by atoms with van der Waals surface area (Å²) >= 11 is 0. The van der Waals surface area contributed by atoms with E-state index in [0.29, 0.717) is 6.04 Å². The summed E-state index contributed by atoms with van der Waals surface area (Å²) in [5.74, 6) is 0.103. The minimum atomic E-state index is -0.167. The second-order valence-corrected chi connectivity index (χ2v) is 6.58. The van der Waals surface area contributed by atoms with Crippen molar-refractivity contribution in [1.29, 1.82) is 0 Å². The van der Waals surface area contributed by atoms with Gasteiger partial charge in [-0.25, -0.2) is 0 Å². The lowest BCUT2D eigenvalue weighted by Gasteiger charge is -2.28. The van der Waals surface area contributed by atoms with Crippen LogP contribution >= 0.6 is 0 Å². The van der Waals surface area contributed by atoms with Gasteiger partial charge in [0.25, 0.3) is 0 Å². The van der Waals surface area contributed by atoms with E-state index in [9.17, 15) is 4.79 Å². The van der Waals surface area contributed by atoms with E-state index in [-0.39, 0.29) is 24.0 Å². The highest BCUT2D eigenvalue weighted by Gasteiger charge is 2.22. The highest BCUT2D eigenvalue weighted by molar-refractivity contribution is 5.81. The smallest absolute Gasteiger partial charge is 0.237 e. The van der Waals surface area contributed by atoms with Crippen LogP contribution in [-0.2, 0) is 4.79 Å². The fourth-order valence-electron chi connectivity index (χ4n) is 2.49. The Hall–Kier alpha value is -0.610. The third-order valence-electron chi connectivity index (χ3n) is 4.02. The molecule has 1 fully saturated rings. The summed E-state index contributed by atoms with van der Waals surface area (Å²) in [6, 6.07) is 0.204. The zero-order valence-electron chi connectivity index (χ0n) is 12.7. The van der Waals surface area contributed by atoms with Gasteiger partial charge < -0.3 is 15.7 Å². The van der Waals surface area contributed by atoms with Crippen LogP contribution in [0.3, 0.4) is 0 Å². The number of hydrogen-bond donors (Lipinski definition) is 3. The molecule has 19 heavy (non-hydrogen) atoms. The van der Waals surface area contributed by atoms with Crippen LogP contribution in [0.25, 0.3) is 0 Å². The molecule has 0 spiro atoms. The predicted molar refractivity (Wildman–Crippen MR) is 78.0 cm³/mol. The molecule has 1 rings (SSSR count). The van der Waals surface area contributed by atoms with Gasteiger partial charge in [-0.15, -0.1) is 0 Å². The van der Waals surface area contributed by atoms with Crippen molar-refractivity contribution in [2.24, 2.45) is 5.41 Å². The number of aliphatic hydroxyl groups excluding tert-OH is 1. The standard InChI is InChI=1S/C15H30N2O2/c1-12(16-11-15(2,3)9-10-18)14(19)17-13-7-5-4-6-8-13/h12-13,16,18H,4-11H2,1-3H3,(H,17,19). The average Bonchev–Trinajstić information content (AvgIpc) is 2.37. The molecule has 0 aromatic carbocycles. The van der Waals surface area contributed by atoms with Crippen molar-refractivity contribution in [2.75, 3.05) is 13.2 Å². The first-order valence-corrected chi connectivity index (χ1v) is 7.59. The monoisotopic (exact) mass is 270 g/mol. The molecule has 1 aliphatic rings. The van der Waals surface area contributed by atoms with E-state index in [0.717, 1.165) is 25.8 Å². The molecule has 0 aromatic rings. The average molecular weight is 270 g/mol. The predicted octanol–water partition coefficient (Wildman–Crippen LogP) is 1.82. The van der Waals surface area contributed by atoms with Gasteiger partial charge in [-0.1, -0.05) is 33.1 Å². The van der Waals surface area contributed by atoms with E-state index in [1.807, 2.05) is 6.92 Å². The molecule has 4 nitrogen and oxygen atoms in total. The summed E-state index contributed by atoms with van der Waals surface area (Å²) < 4.78 is 0. The Morgan fingerprint density at radius 1 is 1.32 bits per heavy atom. The first-order valence-electron chi connectivity index (χ1n) is 7.59. The maximum atomic E-state index is 12.1. The molecule has 1 unspecified atom stereocenters. The van der Waals surface area contributed by atoms with E-state index in [4.69, 9.17) is 5.11 Å². The number of carbonyl (C=O) groups excluding carboxylic acids is 1. The van der Waals surface area contributed by atoms with Crippen LogP contribution in [0.2, 0.25) is 0 Å². The Morgan fingerprint density at radius 2 is 1.95 bits per heavy atom. The molecule has 1 atom stereocenters. The fourth-order valence-corrected chi connectivity index (χ4v) is 2.49. The first kappa shape index (κ1) is 16.4. The first-order chi connectivity index (χ1) is 8.94. The van der Waals surface area contributed by atoms with Crippen LogP contribution in [0, 0.1) is 5.41 Å². The van der Waals surface area contributed by atoms with Crippen molar-refractivity contribution in [3.05, 3.63) is 0 Å². The SMILES string of the molecule is CC(NCC(C)(C)CCO)C(=O)NC1CCCCC1. The lowest BCUT2D eigenvalue weighted by atomic mass is 9.89. The van der Waals surface area contributed by atoms with Crippen molar-refractivity contribution in [3.8, 4) is 0 Å². The van der Waals surface area contributed by atoms with Crippen LogP contribution in [0.4, 0.5) is 0 Å². The number of aliphatic hydroxyl groups is 1. The molecule has 0 aliphatic heterocycles. The van der Waals surface area contributed by atoms with Gasteiger partial charge in [-0.2, -0.15) is 0 Å². The summed E-state index contributed by atoms with van der Waals surface area (Å²) in [6.45, 7) is 7.04. The number of amides is 1. The topological polar surface area (TPSA) is 61.4 Å². The van der Waals surface area contributed by atoms with Crippen LogP contribution < -0.4 is 10.6 Å². The van der Waals surface area contributed by atoms with Gasteiger partial charge in [0.15, 0.2) is 0 Å². The molecule has 0 radical (unpaired) electrons. The van der Waals surface area contributed by atoms with E-state index in [1.54, 1.807) is 0 Å². The molecule has 112 valence electrons. The molecule has 0 saturated heterocycles. The van der Waals surface area contributed by atoms with Crippen LogP contribution in [0.1, 0.15) is 59.3 Å². The van der Waals surface area contributed by atoms with Crippen molar-refractivity contribution < 1.29 is 9.90 Å². The quantitative estimate of drug-likeness (QED) is 0.661.